The average Bonchev–Trinajstić information content (AvgIpc) is 2.92. The zero-order chi connectivity index (χ0) is 24.0. The molecule has 1 unspecified atom stereocenters. The van der Waals surface area contributed by atoms with E-state index in [4.69, 9.17) is 0 Å². The topological polar surface area (TPSA) is 49.3 Å². The Morgan fingerprint density at radius 1 is 0.848 bits per heavy atom. The first kappa shape index (κ1) is 22.8. The number of carbonyl (C=O) groups is 1. The molecule has 3 aromatic rings. The van der Waals surface area contributed by atoms with Crippen molar-refractivity contribution in [2.75, 3.05) is 5.32 Å². The van der Waals surface area contributed by atoms with E-state index in [0.717, 1.165) is 5.56 Å². The van der Waals surface area contributed by atoms with Crippen LogP contribution in [-0.4, -0.2) is 11.0 Å². The summed E-state index contributed by atoms with van der Waals surface area (Å²) in [6.07, 6.45) is 2.17. The third-order valence-electron chi connectivity index (χ3n) is 7.71. The molecule has 0 fully saturated rings. The normalized spacial score (nSPS) is 18.6. The SMILES string of the molecule is CC(=Cc1ccc(C(=O)Nc2ccc(O)cc2)cc1)c1ccc2c(c1)C(C)(C)C(C)C2(C)C. The quantitative estimate of drug-likeness (QED) is 0.328. The van der Waals surface area contributed by atoms with Crippen molar-refractivity contribution in [3.63, 3.8) is 0 Å². The van der Waals surface area contributed by atoms with Crippen molar-refractivity contribution in [3.05, 3.63) is 94.5 Å². The third-order valence-corrected chi connectivity index (χ3v) is 7.71. The summed E-state index contributed by atoms with van der Waals surface area (Å²) >= 11 is 0. The number of phenolic OH excluding ortho intramolecular Hbond substituents is 1. The van der Waals surface area contributed by atoms with Crippen LogP contribution in [0.1, 0.15) is 74.2 Å². The second-order valence-corrected chi connectivity index (χ2v) is 10.4. The predicted octanol–water partition coefficient (Wildman–Crippen LogP) is 7.41. The minimum atomic E-state index is -0.175. The number of aromatic hydroxyl groups is 1. The van der Waals surface area contributed by atoms with Crippen molar-refractivity contribution < 1.29 is 9.90 Å². The highest BCUT2D eigenvalue weighted by molar-refractivity contribution is 6.04. The summed E-state index contributed by atoms with van der Waals surface area (Å²) in [5.41, 5.74) is 7.96. The molecule has 4 rings (SSSR count). The lowest BCUT2D eigenvalue weighted by Gasteiger charge is -2.32. The number of amides is 1. The molecular formula is C30H33NO2. The minimum absolute atomic E-state index is 0.141. The number of phenols is 1. The van der Waals surface area contributed by atoms with Gasteiger partial charge in [0, 0.05) is 11.3 Å². The van der Waals surface area contributed by atoms with Gasteiger partial charge in [0.05, 0.1) is 0 Å². The molecule has 1 atom stereocenters. The summed E-state index contributed by atoms with van der Waals surface area (Å²) in [6.45, 7) is 13.9. The van der Waals surface area contributed by atoms with Gasteiger partial charge in [-0.25, -0.2) is 0 Å². The lowest BCUT2D eigenvalue weighted by molar-refractivity contribution is 0.102. The van der Waals surface area contributed by atoms with Crippen molar-refractivity contribution in [3.8, 4) is 5.75 Å². The van der Waals surface area contributed by atoms with Gasteiger partial charge in [0.2, 0.25) is 0 Å². The first-order chi connectivity index (χ1) is 15.5. The average molecular weight is 440 g/mol. The van der Waals surface area contributed by atoms with Crippen LogP contribution in [0, 0.1) is 5.92 Å². The molecule has 170 valence electrons. The Labute approximate surface area is 197 Å². The summed E-state index contributed by atoms with van der Waals surface area (Å²) in [7, 11) is 0. The summed E-state index contributed by atoms with van der Waals surface area (Å²) < 4.78 is 0. The van der Waals surface area contributed by atoms with Gasteiger partial charge in [-0.1, -0.05) is 71.0 Å². The molecule has 0 heterocycles. The molecule has 0 saturated heterocycles. The number of rotatable bonds is 4. The van der Waals surface area contributed by atoms with Gasteiger partial charge < -0.3 is 10.4 Å². The van der Waals surface area contributed by atoms with E-state index in [0.29, 0.717) is 17.2 Å². The molecule has 0 bridgehead atoms. The van der Waals surface area contributed by atoms with E-state index in [1.807, 2.05) is 24.3 Å². The van der Waals surface area contributed by atoms with Gasteiger partial charge in [-0.05, 0) is 87.9 Å². The number of carbonyl (C=O) groups excluding carboxylic acids is 1. The van der Waals surface area contributed by atoms with Crippen LogP contribution in [0.15, 0.2) is 66.7 Å². The Kier molecular flexibility index (Phi) is 5.69. The number of benzene rings is 3. The van der Waals surface area contributed by atoms with Crippen LogP contribution in [0.5, 0.6) is 5.75 Å². The highest BCUT2D eigenvalue weighted by atomic mass is 16.3. The number of allylic oxidation sites excluding steroid dienone is 1. The standard InChI is InChI=1S/C30H33NO2/c1-19(23-11-16-26-27(18-23)30(5,6)20(2)29(26,3)4)17-21-7-9-22(10-8-21)28(33)31-24-12-14-25(32)15-13-24/h7-18,20,32H,1-6H3,(H,31,33). The molecule has 0 spiro atoms. The molecule has 1 amide bonds. The van der Waals surface area contributed by atoms with Crippen LogP contribution in [0.2, 0.25) is 0 Å². The fourth-order valence-electron chi connectivity index (χ4n) is 5.07. The maximum Gasteiger partial charge on any atom is 0.255 e. The van der Waals surface area contributed by atoms with Crippen LogP contribution in [0.4, 0.5) is 5.69 Å². The van der Waals surface area contributed by atoms with Crippen LogP contribution >= 0.6 is 0 Å². The highest BCUT2D eigenvalue weighted by Crippen LogP contribution is 2.53. The van der Waals surface area contributed by atoms with E-state index in [2.05, 4.69) is 71.1 Å². The molecule has 0 aromatic heterocycles. The van der Waals surface area contributed by atoms with Gasteiger partial charge in [0.25, 0.3) is 5.91 Å². The Morgan fingerprint density at radius 2 is 1.42 bits per heavy atom. The molecule has 33 heavy (non-hydrogen) atoms. The molecule has 0 radical (unpaired) electrons. The van der Waals surface area contributed by atoms with Crippen LogP contribution in [0.25, 0.3) is 11.6 Å². The van der Waals surface area contributed by atoms with Crippen molar-refractivity contribution in [2.24, 2.45) is 5.92 Å². The molecule has 3 nitrogen and oxygen atoms in total. The van der Waals surface area contributed by atoms with E-state index in [1.165, 1.54) is 22.3 Å². The van der Waals surface area contributed by atoms with Gasteiger partial charge in [-0.2, -0.15) is 0 Å². The van der Waals surface area contributed by atoms with E-state index in [9.17, 15) is 9.90 Å². The van der Waals surface area contributed by atoms with Crippen LogP contribution in [-0.2, 0) is 10.8 Å². The first-order valence-electron chi connectivity index (χ1n) is 11.5. The second-order valence-electron chi connectivity index (χ2n) is 10.4. The van der Waals surface area contributed by atoms with Crippen molar-refractivity contribution in [1.29, 1.82) is 0 Å². The Morgan fingerprint density at radius 3 is 2.06 bits per heavy atom. The number of hydrogen-bond acceptors (Lipinski definition) is 2. The summed E-state index contributed by atoms with van der Waals surface area (Å²) in [6, 6.07) is 21.0. The number of fused-ring (bicyclic) bond motifs is 1. The summed E-state index contributed by atoms with van der Waals surface area (Å²) in [4.78, 5) is 12.5. The lowest BCUT2D eigenvalue weighted by Crippen LogP contribution is -2.30. The second kappa shape index (κ2) is 8.22. The first-order valence-corrected chi connectivity index (χ1v) is 11.5. The zero-order valence-electron chi connectivity index (χ0n) is 20.4. The third kappa shape index (κ3) is 4.20. The minimum Gasteiger partial charge on any atom is -0.508 e. The molecule has 0 aliphatic heterocycles. The fourth-order valence-corrected chi connectivity index (χ4v) is 5.07. The molecule has 1 aliphatic rings. The molecular weight excluding hydrogens is 406 g/mol. The largest absolute Gasteiger partial charge is 0.508 e. The lowest BCUT2D eigenvalue weighted by atomic mass is 9.71. The van der Waals surface area contributed by atoms with Crippen molar-refractivity contribution in [2.45, 2.75) is 52.4 Å². The van der Waals surface area contributed by atoms with Gasteiger partial charge in [0.15, 0.2) is 0 Å². The maximum absolute atomic E-state index is 12.5. The number of anilines is 1. The van der Waals surface area contributed by atoms with E-state index < -0.39 is 0 Å². The van der Waals surface area contributed by atoms with Crippen LogP contribution < -0.4 is 5.32 Å². The van der Waals surface area contributed by atoms with E-state index in [1.54, 1.807) is 24.3 Å². The summed E-state index contributed by atoms with van der Waals surface area (Å²) in [5, 5.41) is 12.2. The zero-order valence-corrected chi connectivity index (χ0v) is 20.4. The smallest absolute Gasteiger partial charge is 0.255 e. The molecule has 0 saturated carbocycles. The maximum atomic E-state index is 12.5. The Balaban J connectivity index is 1.54. The van der Waals surface area contributed by atoms with Gasteiger partial charge in [0.1, 0.15) is 5.75 Å². The fraction of sp³-hybridized carbons (Fsp3) is 0.300. The van der Waals surface area contributed by atoms with Gasteiger partial charge in [-0.15, -0.1) is 0 Å². The van der Waals surface area contributed by atoms with Gasteiger partial charge >= 0.3 is 0 Å². The molecule has 2 N–H and O–H groups in total. The monoisotopic (exact) mass is 439 g/mol. The summed E-state index contributed by atoms with van der Waals surface area (Å²) in [5.74, 6) is 0.565. The van der Waals surface area contributed by atoms with E-state index in [-0.39, 0.29) is 22.5 Å². The Hall–Kier alpha value is -3.33. The van der Waals surface area contributed by atoms with Crippen molar-refractivity contribution in [1.82, 2.24) is 0 Å². The highest BCUT2D eigenvalue weighted by Gasteiger charge is 2.48. The van der Waals surface area contributed by atoms with Crippen molar-refractivity contribution >= 4 is 23.2 Å². The van der Waals surface area contributed by atoms with E-state index >= 15 is 0 Å². The molecule has 1 aliphatic carbocycles. The number of hydrogen-bond donors (Lipinski definition) is 2. The molecule has 3 aromatic carbocycles. The molecule has 3 heteroatoms. The van der Waals surface area contributed by atoms with Crippen LogP contribution in [0.3, 0.4) is 0 Å². The van der Waals surface area contributed by atoms with Gasteiger partial charge in [-0.3, -0.25) is 4.79 Å². The Bertz CT molecular complexity index is 1220. The predicted molar refractivity (Wildman–Crippen MR) is 138 cm³/mol. The number of nitrogens with one attached hydrogen (secondary N) is 1.